The summed E-state index contributed by atoms with van der Waals surface area (Å²) in [5.41, 5.74) is -0.0220. The lowest BCUT2D eigenvalue weighted by Crippen LogP contribution is -2.45. The maximum absolute atomic E-state index is 11.3. The van der Waals surface area contributed by atoms with Crippen molar-refractivity contribution in [2.24, 2.45) is 0 Å². The number of amides is 2. The van der Waals surface area contributed by atoms with E-state index in [0.717, 1.165) is 25.9 Å². The number of nitrogens with zero attached hydrogens (tertiary/aromatic N) is 1. The average molecular weight is 170 g/mol. The first-order chi connectivity index (χ1) is 5.78. The van der Waals surface area contributed by atoms with Gasteiger partial charge >= 0.3 is 6.03 Å². The maximum atomic E-state index is 11.3. The highest BCUT2D eigenvalue weighted by Gasteiger charge is 2.48. The van der Waals surface area contributed by atoms with E-state index in [-0.39, 0.29) is 11.6 Å². The molecule has 0 radical (unpaired) electrons. The Labute approximate surface area is 71.9 Å². The van der Waals surface area contributed by atoms with Gasteiger partial charge in [0.05, 0.1) is 12.1 Å². The van der Waals surface area contributed by atoms with Crippen LogP contribution in [0.25, 0.3) is 0 Å². The van der Waals surface area contributed by atoms with Crippen molar-refractivity contribution < 1.29 is 9.53 Å². The zero-order valence-corrected chi connectivity index (χ0v) is 7.30. The number of rotatable bonds is 2. The number of fused-ring (bicyclic) bond motifs is 1. The molecular formula is C8H14N2O2. The highest BCUT2D eigenvalue weighted by Crippen LogP contribution is 2.32. The van der Waals surface area contributed by atoms with Crippen LogP contribution in [0.3, 0.4) is 0 Å². The van der Waals surface area contributed by atoms with Gasteiger partial charge in [-0.1, -0.05) is 0 Å². The summed E-state index contributed by atoms with van der Waals surface area (Å²) < 4.78 is 5.14. The summed E-state index contributed by atoms with van der Waals surface area (Å²) in [5.74, 6) is 0. The number of hydrogen-bond donors (Lipinski definition) is 1. The van der Waals surface area contributed by atoms with Gasteiger partial charge in [-0.05, 0) is 12.8 Å². The van der Waals surface area contributed by atoms with Crippen LogP contribution in [0.4, 0.5) is 4.79 Å². The first kappa shape index (κ1) is 7.86. The summed E-state index contributed by atoms with van der Waals surface area (Å²) in [4.78, 5) is 13.2. The Kier molecular flexibility index (Phi) is 1.72. The zero-order valence-electron chi connectivity index (χ0n) is 7.30. The third-order valence-electron chi connectivity index (χ3n) is 2.82. The standard InChI is InChI=1S/C8H14N2O2/c1-12-6-8-3-2-4-10(8)7(11)9-5-8/h2-6H2,1H3,(H,9,11). The second-order valence-electron chi connectivity index (χ2n) is 3.57. The first-order valence-corrected chi connectivity index (χ1v) is 4.33. The molecule has 2 rings (SSSR count). The number of nitrogens with one attached hydrogen (secondary N) is 1. The fraction of sp³-hybridized carbons (Fsp3) is 0.875. The van der Waals surface area contributed by atoms with Gasteiger partial charge in [-0.25, -0.2) is 4.79 Å². The van der Waals surface area contributed by atoms with Crippen LogP contribution in [0, 0.1) is 0 Å². The van der Waals surface area contributed by atoms with Crippen LogP contribution in [0.2, 0.25) is 0 Å². The van der Waals surface area contributed by atoms with Gasteiger partial charge < -0.3 is 15.0 Å². The second-order valence-corrected chi connectivity index (χ2v) is 3.57. The SMILES string of the molecule is COCC12CCCN1C(=O)NC2. The lowest BCUT2D eigenvalue weighted by molar-refractivity contribution is 0.0827. The summed E-state index contributed by atoms with van der Waals surface area (Å²) in [6.45, 7) is 2.29. The van der Waals surface area contributed by atoms with E-state index in [4.69, 9.17) is 4.74 Å². The molecule has 2 saturated heterocycles. The average Bonchev–Trinajstić information content (AvgIpc) is 2.55. The van der Waals surface area contributed by atoms with Crippen LogP contribution in [-0.2, 0) is 4.74 Å². The lowest BCUT2D eigenvalue weighted by atomic mass is 9.99. The number of hydrogen-bond acceptors (Lipinski definition) is 2. The van der Waals surface area contributed by atoms with Crippen molar-refractivity contribution in [3.8, 4) is 0 Å². The molecule has 1 unspecified atom stereocenters. The number of methoxy groups -OCH3 is 1. The Morgan fingerprint density at radius 2 is 2.58 bits per heavy atom. The Hall–Kier alpha value is -0.770. The molecule has 2 aliphatic rings. The summed E-state index contributed by atoms with van der Waals surface area (Å²) in [6.07, 6.45) is 2.18. The quantitative estimate of drug-likeness (QED) is 0.642. The van der Waals surface area contributed by atoms with Crippen molar-refractivity contribution in [2.75, 3.05) is 26.8 Å². The molecule has 0 bridgehead atoms. The molecule has 0 aliphatic carbocycles. The van der Waals surface area contributed by atoms with E-state index in [1.807, 2.05) is 4.90 Å². The van der Waals surface area contributed by atoms with Crippen LogP contribution in [-0.4, -0.2) is 43.3 Å². The molecule has 4 nitrogen and oxygen atoms in total. The van der Waals surface area contributed by atoms with Gasteiger partial charge in [-0.15, -0.1) is 0 Å². The summed E-state index contributed by atoms with van der Waals surface area (Å²) in [5, 5.41) is 2.85. The normalized spacial score (nSPS) is 33.8. The molecule has 0 aromatic carbocycles. The predicted molar refractivity (Wildman–Crippen MR) is 43.9 cm³/mol. The Morgan fingerprint density at radius 1 is 1.75 bits per heavy atom. The smallest absolute Gasteiger partial charge is 0.318 e. The van der Waals surface area contributed by atoms with E-state index >= 15 is 0 Å². The molecule has 12 heavy (non-hydrogen) atoms. The number of urea groups is 1. The van der Waals surface area contributed by atoms with Gasteiger partial charge in [0.1, 0.15) is 0 Å². The summed E-state index contributed by atoms with van der Waals surface area (Å²) in [7, 11) is 1.69. The zero-order chi connectivity index (χ0) is 8.60. The van der Waals surface area contributed by atoms with Gasteiger partial charge in [0.15, 0.2) is 0 Å². The number of carbonyl (C=O) groups is 1. The van der Waals surface area contributed by atoms with Gasteiger partial charge in [0.2, 0.25) is 0 Å². The highest BCUT2D eigenvalue weighted by atomic mass is 16.5. The van der Waals surface area contributed by atoms with E-state index < -0.39 is 0 Å². The van der Waals surface area contributed by atoms with E-state index in [1.165, 1.54) is 0 Å². The Balaban J connectivity index is 2.17. The minimum atomic E-state index is -0.0220. The molecule has 68 valence electrons. The van der Waals surface area contributed by atoms with E-state index in [1.54, 1.807) is 7.11 Å². The Morgan fingerprint density at radius 3 is 3.33 bits per heavy atom. The van der Waals surface area contributed by atoms with Gasteiger partial charge in [0.25, 0.3) is 0 Å². The molecule has 2 amide bonds. The van der Waals surface area contributed by atoms with Crippen molar-refractivity contribution in [3.05, 3.63) is 0 Å². The third kappa shape index (κ3) is 0.909. The molecular weight excluding hydrogens is 156 g/mol. The fourth-order valence-electron chi connectivity index (χ4n) is 2.24. The van der Waals surface area contributed by atoms with Crippen molar-refractivity contribution in [1.82, 2.24) is 10.2 Å². The molecule has 1 atom stereocenters. The minimum absolute atomic E-state index is 0.0220. The number of ether oxygens (including phenoxy) is 1. The van der Waals surface area contributed by atoms with Crippen LogP contribution in [0.15, 0.2) is 0 Å². The molecule has 0 saturated carbocycles. The molecule has 0 aromatic heterocycles. The first-order valence-electron chi connectivity index (χ1n) is 4.33. The Bertz CT molecular complexity index is 207. The van der Waals surface area contributed by atoms with Gasteiger partial charge in [0, 0.05) is 20.2 Å². The lowest BCUT2D eigenvalue weighted by Gasteiger charge is -2.28. The fourth-order valence-corrected chi connectivity index (χ4v) is 2.24. The summed E-state index contributed by atoms with van der Waals surface area (Å²) >= 11 is 0. The van der Waals surface area contributed by atoms with E-state index in [9.17, 15) is 4.79 Å². The van der Waals surface area contributed by atoms with E-state index in [0.29, 0.717) is 6.61 Å². The summed E-state index contributed by atoms with van der Waals surface area (Å²) in [6, 6.07) is 0.0737. The van der Waals surface area contributed by atoms with Crippen molar-refractivity contribution in [1.29, 1.82) is 0 Å². The van der Waals surface area contributed by atoms with Crippen LogP contribution < -0.4 is 5.32 Å². The van der Waals surface area contributed by atoms with Gasteiger partial charge in [-0.2, -0.15) is 0 Å². The second kappa shape index (κ2) is 2.62. The predicted octanol–water partition coefficient (Wildman–Crippen LogP) is 0.191. The van der Waals surface area contributed by atoms with Gasteiger partial charge in [-0.3, -0.25) is 0 Å². The molecule has 2 fully saturated rings. The van der Waals surface area contributed by atoms with Crippen molar-refractivity contribution >= 4 is 6.03 Å². The third-order valence-corrected chi connectivity index (χ3v) is 2.82. The number of carbonyl (C=O) groups excluding carboxylic acids is 1. The molecule has 0 spiro atoms. The van der Waals surface area contributed by atoms with Crippen LogP contribution in [0.5, 0.6) is 0 Å². The minimum Gasteiger partial charge on any atom is -0.382 e. The molecule has 1 N–H and O–H groups in total. The van der Waals surface area contributed by atoms with Crippen LogP contribution in [0.1, 0.15) is 12.8 Å². The highest BCUT2D eigenvalue weighted by molar-refractivity contribution is 5.78. The van der Waals surface area contributed by atoms with Crippen LogP contribution >= 0.6 is 0 Å². The van der Waals surface area contributed by atoms with E-state index in [2.05, 4.69) is 5.32 Å². The maximum Gasteiger partial charge on any atom is 0.318 e. The monoisotopic (exact) mass is 170 g/mol. The largest absolute Gasteiger partial charge is 0.382 e. The molecule has 2 heterocycles. The molecule has 0 aromatic rings. The van der Waals surface area contributed by atoms with Crippen molar-refractivity contribution in [2.45, 2.75) is 18.4 Å². The topological polar surface area (TPSA) is 41.6 Å². The molecule has 4 heteroatoms. The van der Waals surface area contributed by atoms with Crippen molar-refractivity contribution in [3.63, 3.8) is 0 Å². The molecule has 2 aliphatic heterocycles.